The number of hydrogen-bond donors (Lipinski definition) is 0. The lowest BCUT2D eigenvalue weighted by molar-refractivity contribution is -0.384. The van der Waals surface area contributed by atoms with E-state index in [0.29, 0.717) is 9.79 Å². The molecule has 0 aliphatic carbocycles. The minimum atomic E-state index is -0.575. The standard InChI is InChI=1S/C13H7FN2O2S/c14-12-2-1-3-13(11(12)8-15)19-10-6-4-9(5-7-10)16(17)18/h1-7H. The molecule has 0 radical (unpaired) electrons. The largest absolute Gasteiger partial charge is 0.269 e. The summed E-state index contributed by atoms with van der Waals surface area (Å²) in [6.07, 6.45) is 0. The van der Waals surface area contributed by atoms with Crippen LogP contribution in [0.1, 0.15) is 5.56 Å². The van der Waals surface area contributed by atoms with Crippen molar-refractivity contribution in [1.29, 1.82) is 5.26 Å². The van der Waals surface area contributed by atoms with Gasteiger partial charge in [0.2, 0.25) is 0 Å². The van der Waals surface area contributed by atoms with Crippen molar-refractivity contribution >= 4 is 17.4 Å². The molecule has 0 heterocycles. The van der Waals surface area contributed by atoms with Crippen LogP contribution in [0.3, 0.4) is 0 Å². The molecule has 2 rings (SSSR count). The van der Waals surface area contributed by atoms with Crippen molar-refractivity contribution in [1.82, 2.24) is 0 Å². The number of nitro groups is 1. The van der Waals surface area contributed by atoms with Gasteiger partial charge in [-0.1, -0.05) is 17.8 Å². The highest BCUT2D eigenvalue weighted by atomic mass is 32.2. The number of nitrogens with zero attached hydrogens (tertiary/aromatic N) is 2. The quantitative estimate of drug-likeness (QED) is 0.631. The third-order valence-corrected chi connectivity index (χ3v) is 3.43. The van der Waals surface area contributed by atoms with Gasteiger partial charge in [-0.2, -0.15) is 5.26 Å². The Morgan fingerprint density at radius 3 is 2.47 bits per heavy atom. The highest BCUT2D eigenvalue weighted by Gasteiger charge is 2.10. The average molecular weight is 274 g/mol. The molecule has 0 amide bonds. The van der Waals surface area contributed by atoms with Gasteiger partial charge in [0.15, 0.2) is 0 Å². The summed E-state index contributed by atoms with van der Waals surface area (Å²) >= 11 is 1.19. The van der Waals surface area contributed by atoms with Crippen LogP contribution in [-0.4, -0.2) is 4.92 Å². The van der Waals surface area contributed by atoms with Crippen molar-refractivity contribution in [2.45, 2.75) is 9.79 Å². The smallest absolute Gasteiger partial charge is 0.258 e. The van der Waals surface area contributed by atoms with Crippen molar-refractivity contribution < 1.29 is 9.31 Å². The zero-order valence-electron chi connectivity index (χ0n) is 9.54. The van der Waals surface area contributed by atoms with Crippen LogP contribution >= 0.6 is 11.8 Å². The molecule has 0 aliphatic heterocycles. The monoisotopic (exact) mass is 274 g/mol. The Morgan fingerprint density at radius 1 is 1.21 bits per heavy atom. The lowest BCUT2D eigenvalue weighted by Crippen LogP contribution is -1.88. The molecule has 0 saturated carbocycles. The lowest BCUT2D eigenvalue weighted by Gasteiger charge is -2.04. The molecule has 19 heavy (non-hydrogen) atoms. The van der Waals surface area contributed by atoms with Gasteiger partial charge in [0.1, 0.15) is 17.4 Å². The molecule has 0 saturated heterocycles. The van der Waals surface area contributed by atoms with Gasteiger partial charge in [0.05, 0.1) is 4.92 Å². The highest BCUT2D eigenvalue weighted by molar-refractivity contribution is 7.99. The summed E-state index contributed by atoms with van der Waals surface area (Å²) in [5.41, 5.74) is -0.0325. The van der Waals surface area contributed by atoms with Gasteiger partial charge >= 0.3 is 0 Å². The predicted molar refractivity (Wildman–Crippen MR) is 68.3 cm³/mol. The van der Waals surface area contributed by atoms with E-state index in [1.807, 2.05) is 6.07 Å². The number of hydrogen-bond acceptors (Lipinski definition) is 4. The zero-order chi connectivity index (χ0) is 13.8. The second-order valence-corrected chi connectivity index (χ2v) is 4.69. The first-order valence-corrected chi connectivity index (χ1v) is 6.04. The summed E-state index contributed by atoms with van der Waals surface area (Å²) in [7, 11) is 0. The first kappa shape index (κ1) is 13.1. The van der Waals surface area contributed by atoms with E-state index in [2.05, 4.69) is 0 Å². The van der Waals surface area contributed by atoms with Gasteiger partial charge in [0, 0.05) is 21.9 Å². The van der Waals surface area contributed by atoms with Crippen LogP contribution in [-0.2, 0) is 0 Å². The van der Waals surface area contributed by atoms with Crippen LogP contribution in [0, 0.1) is 27.3 Å². The molecule has 0 aromatic heterocycles. The van der Waals surface area contributed by atoms with Crippen LogP contribution in [0.5, 0.6) is 0 Å². The van der Waals surface area contributed by atoms with E-state index in [1.165, 1.54) is 36.0 Å². The summed E-state index contributed by atoms with van der Waals surface area (Å²) in [6, 6.07) is 12.0. The number of nitro benzene ring substituents is 1. The Kier molecular flexibility index (Phi) is 3.78. The third kappa shape index (κ3) is 2.89. The molecule has 0 unspecified atom stereocenters. The Bertz CT molecular complexity index is 665. The second-order valence-electron chi connectivity index (χ2n) is 3.58. The van der Waals surface area contributed by atoms with Crippen LogP contribution in [0.15, 0.2) is 52.3 Å². The van der Waals surface area contributed by atoms with Gasteiger partial charge in [0.25, 0.3) is 5.69 Å². The van der Waals surface area contributed by atoms with E-state index in [4.69, 9.17) is 5.26 Å². The zero-order valence-corrected chi connectivity index (χ0v) is 10.4. The molecule has 0 fully saturated rings. The molecule has 0 atom stereocenters. The maximum Gasteiger partial charge on any atom is 0.269 e. The topological polar surface area (TPSA) is 66.9 Å². The Hall–Kier alpha value is -2.39. The molecule has 6 heteroatoms. The first-order valence-electron chi connectivity index (χ1n) is 5.22. The summed E-state index contributed by atoms with van der Waals surface area (Å²) in [6.45, 7) is 0. The van der Waals surface area contributed by atoms with Crippen molar-refractivity contribution in [3.05, 3.63) is 64.0 Å². The fraction of sp³-hybridized carbons (Fsp3) is 0. The van der Waals surface area contributed by atoms with Crippen LogP contribution in [0.4, 0.5) is 10.1 Å². The van der Waals surface area contributed by atoms with Gasteiger partial charge in [-0.15, -0.1) is 0 Å². The minimum Gasteiger partial charge on any atom is -0.258 e. The number of benzene rings is 2. The van der Waals surface area contributed by atoms with Crippen molar-refractivity contribution in [2.75, 3.05) is 0 Å². The maximum atomic E-state index is 13.4. The average Bonchev–Trinajstić information content (AvgIpc) is 2.39. The Balaban J connectivity index is 2.29. The summed E-state index contributed by atoms with van der Waals surface area (Å²) in [5.74, 6) is -0.575. The number of non-ortho nitro benzene ring substituents is 1. The van der Waals surface area contributed by atoms with E-state index < -0.39 is 10.7 Å². The summed E-state index contributed by atoms with van der Waals surface area (Å²) in [5, 5.41) is 19.4. The fourth-order valence-electron chi connectivity index (χ4n) is 1.46. The van der Waals surface area contributed by atoms with E-state index >= 15 is 0 Å². The molecular formula is C13H7FN2O2S. The molecule has 0 bridgehead atoms. The van der Waals surface area contributed by atoms with Gasteiger partial charge < -0.3 is 0 Å². The molecule has 0 N–H and O–H groups in total. The van der Waals surface area contributed by atoms with Crippen LogP contribution < -0.4 is 0 Å². The van der Waals surface area contributed by atoms with Crippen molar-refractivity contribution in [2.24, 2.45) is 0 Å². The summed E-state index contributed by atoms with van der Waals surface area (Å²) in [4.78, 5) is 11.2. The predicted octanol–water partition coefficient (Wildman–Crippen LogP) is 3.76. The molecule has 94 valence electrons. The summed E-state index contributed by atoms with van der Waals surface area (Å²) < 4.78 is 13.4. The molecular weight excluding hydrogens is 267 g/mol. The lowest BCUT2D eigenvalue weighted by atomic mass is 10.2. The SMILES string of the molecule is N#Cc1c(F)cccc1Sc1ccc([N+](=O)[O-])cc1. The van der Waals surface area contributed by atoms with E-state index in [0.717, 1.165) is 0 Å². The number of nitriles is 1. The normalized spacial score (nSPS) is 9.89. The van der Waals surface area contributed by atoms with E-state index in [1.54, 1.807) is 18.2 Å². The van der Waals surface area contributed by atoms with Gasteiger partial charge in [-0.3, -0.25) is 10.1 Å². The first-order chi connectivity index (χ1) is 9.11. The molecule has 0 aliphatic rings. The fourth-order valence-corrected chi connectivity index (χ4v) is 2.38. The Morgan fingerprint density at radius 2 is 1.89 bits per heavy atom. The molecule has 2 aromatic carbocycles. The highest BCUT2D eigenvalue weighted by Crippen LogP contribution is 2.32. The van der Waals surface area contributed by atoms with Crippen LogP contribution in [0.2, 0.25) is 0 Å². The van der Waals surface area contributed by atoms with Gasteiger partial charge in [-0.25, -0.2) is 4.39 Å². The second kappa shape index (κ2) is 5.50. The van der Waals surface area contributed by atoms with E-state index in [9.17, 15) is 14.5 Å². The minimum absolute atomic E-state index is 0.0101. The molecule has 2 aromatic rings. The molecule has 0 spiro atoms. The number of halogens is 1. The van der Waals surface area contributed by atoms with Crippen molar-refractivity contribution in [3.63, 3.8) is 0 Å². The Labute approximate surface area is 112 Å². The number of rotatable bonds is 3. The van der Waals surface area contributed by atoms with Crippen molar-refractivity contribution in [3.8, 4) is 6.07 Å². The maximum absolute atomic E-state index is 13.4. The molecule has 4 nitrogen and oxygen atoms in total. The van der Waals surface area contributed by atoms with Gasteiger partial charge in [-0.05, 0) is 24.3 Å². The van der Waals surface area contributed by atoms with Crippen LogP contribution in [0.25, 0.3) is 0 Å². The third-order valence-electron chi connectivity index (χ3n) is 2.36. The van der Waals surface area contributed by atoms with E-state index in [-0.39, 0.29) is 11.3 Å².